The molecule has 0 radical (unpaired) electrons. The Morgan fingerprint density at radius 2 is 1.30 bits per heavy atom. The lowest BCUT2D eigenvalue weighted by Gasteiger charge is -2.09. The fourth-order valence-corrected chi connectivity index (χ4v) is 3.97. The van der Waals surface area contributed by atoms with Gasteiger partial charge in [0.15, 0.2) is 11.5 Å². The topological polar surface area (TPSA) is 43.4 Å². The van der Waals surface area contributed by atoms with E-state index in [0.717, 1.165) is 18.4 Å². The molecule has 0 aliphatic heterocycles. The molecule has 30 heavy (non-hydrogen) atoms. The molecule has 0 saturated heterocycles. The van der Waals surface area contributed by atoms with E-state index in [1.807, 2.05) is 48.5 Å². The number of ketones is 1. The Morgan fingerprint density at radius 3 is 1.97 bits per heavy atom. The van der Waals surface area contributed by atoms with Gasteiger partial charge in [-0.15, -0.1) is 0 Å². The molecule has 3 rings (SSSR count). The third-order valence-electron chi connectivity index (χ3n) is 5.63. The zero-order chi connectivity index (χ0) is 21.2. The molecule has 158 valence electrons. The van der Waals surface area contributed by atoms with E-state index in [1.165, 1.54) is 44.9 Å². The first kappa shape index (κ1) is 22.0. The largest absolute Gasteiger partial charge is 0.425 e. The number of hydrogen-bond donors (Lipinski definition) is 0. The Kier molecular flexibility index (Phi) is 8.43. The summed E-state index contributed by atoms with van der Waals surface area (Å²) in [6.07, 6.45) is 11.2. The van der Waals surface area contributed by atoms with Crippen molar-refractivity contribution in [1.82, 2.24) is 0 Å². The predicted octanol–water partition coefficient (Wildman–Crippen LogP) is 7.22. The van der Waals surface area contributed by atoms with E-state index in [0.29, 0.717) is 28.9 Å². The molecule has 0 heterocycles. The molecule has 0 unspecified atom stereocenters. The summed E-state index contributed by atoms with van der Waals surface area (Å²) < 4.78 is 5.77. The van der Waals surface area contributed by atoms with Gasteiger partial charge >= 0.3 is 5.97 Å². The fourth-order valence-electron chi connectivity index (χ4n) is 3.97. The Balaban J connectivity index is 1.56. The maximum absolute atomic E-state index is 13.0. The van der Waals surface area contributed by atoms with E-state index in [4.69, 9.17) is 4.74 Å². The van der Waals surface area contributed by atoms with Crippen LogP contribution in [0.15, 0.2) is 54.6 Å². The summed E-state index contributed by atoms with van der Waals surface area (Å²) >= 11 is 0. The first-order valence-electron chi connectivity index (χ1n) is 11.4. The average molecular weight is 405 g/mol. The van der Waals surface area contributed by atoms with Gasteiger partial charge in [-0.05, 0) is 12.0 Å². The number of allylic oxidation sites excluding steroid dienone is 1. The third kappa shape index (κ3) is 5.69. The molecule has 0 N–H and O–H groups in total. The van der Waals surface area contributed by atoms with E-state index in [2.05, 4.69) is 6.92 Å². The van der Waals surface area contributed by atoms with Crippen LogP contribution in [0.5, 0.6) is 0 Å². The smallest absolute Gasteiger partial charge is 0.311 e. The van der Waals surface area contributed by atoms with Crippen molar-refractivity contribution in [3.8, 4) is 0 Å². The number of hydrogen-bond acceptors (Lipinski definition) is 3. The van der Waals surface area contributed by atoms with Gasteiger partial charge < -0.3 is 4.74 Å². The van der Waals surface area contributed by atoms with Crippen molar-refractivity contribution >= 4 is 23.1 Å². The van der Waals surface area contributed by atoms with Gasteiger partial charge in [0.05, 0.1) is 5.57 Å². The van der Waals surface area contributed by atoms with Crippen LogP contribution in [0.3, 0.4) is 0 Å². The van der Waals surface area contributed by atoms with Crippen LogP contribution in [0.4, 0.5) is 0 Å². The Hall–Kier alpha value is -2.68. The van der Waals surface area contributed by atoms with Gasteiger partial charge in [-0.25, -0.2) is 0 Å². The molecule has 3 heteroatoms. The average Bonchev–Trinajstić information content (AvgIpc) is 3.05. The SMILES string of the molecule is CCCCCCCCCCCC(=O)OC1=C(c2ccccc2)C(=O)c2ccccc21. The van der Waals surface area contributed by atoms with Gasteiger partial charge in [0.1, 0.15) is 0 Å². The summed E-state index contributed by atoms with van der Waals surface area (Å²) in [5.41, 5.74) is 2.57. The van der Waals surface area contributed by atoms with Crippen molar-refractivity contribution in [2.24, 2.45) is 0 Å². The standard InChI is InChI=1S/C27H32O3/c1-2-3-4-5-6-7-8-9-13-20-24(28)30-27-23-19-15-14-18-22(23)26(29)25(27)21-16-11-10-12-17-21/h10-12,14-19H,2-9,13,20H2,1H3. The quantitative estimate of drug-likeness (QED) is 0.277. The highest BCUT2D eigenvalue weighted by molar-refractivity contribution is 6.39. The molecule has 2 aromatic carbocycles. The predicted molar refractivity (Wildman–Crippen MR) is 122 cm³/mol. The second kappa shape index (κ2) is 11.5. The van der Waals surface area contributed by atoms with Crippen molar-refractivity contribution < 1.29 is 14.3 Å². The number of ether oxygens (including phenoxy) is 1. The number of unbranched alkanes of at least 4 members (excludes halogenated alkanes) is 8. The first-order valence-corrected chi connectivity index (χ1v) is 11.4. The normalized spacial score (nSPS) is 12.9. The number of carbonyl (C=O) groups excluding carboxylic acids is 2. The molecule has 1 aliphatic rings. The van der Waals surface area contributed by atoms with Crippen LogP contribution in [-0.2, 0) is 9.53 Å². The number of Topliss-reactive ketones (excluding diaryl/α,β-unsaturated/α-hetero) is 1. The minimum atomic E-state index is -0.258. The number of esters is 1. The van der Waals surface area contributed by atoms with Crippen LogP contribution in [0.1, 0.15) is 92.6 Å². The van der Waals surface area contributed by atoms with E-state index >= 15 is 0 Å². The van der Waals surface area contributed by atoms with Crippen molar-refractivity contribution in [1.29, 1.82) is 0 Å². The summed E-state index contributed by atoms with van der Waals surface area (Å²) in [5, 5.41) is 0. The fraction of sp³-hybridized carbons (Fsp3) is 0.407. The monoisotopic (exact) mass is 404 g/mol. The van der Waals surface area contributed by atoms with Crippen LogP contribution in [-0.4, -0.2) is 11.8 Å². The highest BCUT2D eigenvalue weighted by Gasteiger charge is 2.32. The molecule has 1 aliphatic carbocycles. The maximum Gasteiger partial charge on any atom is 0.311 e. The van der Waals surface area contributed by atoms with Crippen molar-refractivity contribution in [2.45, 2.75) is 71.1 Å². The summed E-state index contributed by atoms with van der Waals surface area (Å²) in [4.78, 5) is 25.5. The highest BCUT2D eigenvalue weighted by atomic mass is 16.5. The number of benzene rings is 2. The first-order chi connectivity index (χ1) is 14.7. The Bertz CT molecular complexity index is 880. The molecule has 0 bridgehead atoms. The number of carbonyl (C=O) groups is 2. The van der Waals surface area contributed by atoms with Crippen molar-refractivity contribution in [2.75, 3.05) is 0 Å². The molecular formula is C27H32O3. The molecular weight excluding hydrogens is 372 g/mol. The van der Waals surface area contributed by atoms with Crippen LogP contribution in [0.2, 0.25) is 0 Å². The van der Waals surface area contributed by atoms with Crippen LogP contribution < -0.4 is 0 Å². The van der Waals surface area contributed by atoms with Gasteiger partial charge in [0.2, 0.25) is 0 Å². The molecule has 3 nitrogen and oxygen atoms in total. The maximum atomic E-state index is 13.0. The molecule has 0 atom stereocenters. The van der Waals surface area contributed by atoms with E-state index in [9.17, 15) is 9.59 Å². The Labute approximate surface area is 180 Å². The van der Waals surface area contributed by atoms with Crippen LogP contribution in [0, 0.1) is 0 Å². The van der Waals surface area contributed by atoms with E-state index in [-0.39, 0.29) is 11.8 Å². The summed E-state index contributed by atoms with van der Waals surface area (Å²) in [7, 11) is 0. The summed E-state index contributed by atoms with van der Waals surface area (Å²) in [5.74, 6) is 0.0660. The van der Waals surface area contributed by atoms with Gasteiger partial charge in [-0.2, -0.15) is 0 Å². The Morgan fingerprint density at radius 1 is 0.733 bits per heavy atom. The molecule has 0 saturated carbocycles. The van der Waals surface area contributed by atoms with Crippen molar-refractivity contribution in [3.05, 3.63) is 71.3 Å². The second-order valence-electron chi connectivity index (χ2n) is 8.00. The lowest BCUT2D eigenvalue weighted by Crippen LogP contribution is -2.04. The van der Waals surface area contributed by atoms with Gasteiger partial charge in [-0.1, -0.05) is 113 Å². The van der Waals surface area contributed by atoms with Gasteiger partial charge in [0, 0.05) is 17.5 Å². The van der Waals surface area contributed by atoms with Crippen molar-refractivity contribution in [3.63, 3.8) is 0 Å². The summed E-state index contributed by atoms with van der Waals surface area (Å²) in [6.45, 7) is 2.23. The van der Waals surface area contributed by atoms with Crippen LogP contribution in [0.25, 0.3) is 11.3 Å². The third-order valence-corrected chi connectivity index (χ3v) is 5.63. The van der Waals surface area contributed by atoms with E-state index in [1.54, 1.807) is 6.07 Å². The van der Waals surface area contributed by atoms with Crippen LogP contribution >= 0.6 is 0 Å². The van der Waals surface area contributed by atoms with E-state index < -0.39 is 0 Å². The zero-order valence-corrected chi connectivity index (χ0v) is 18.0. The lowest BCUT2D eigenvalue weighted by atomic mass is 10.0. The molecule has 0 fully saturated rings. The molecule has 2 aromatic rings. The molecule has 0 amide bonds. The highest BCUT2D eigenvalue weighted by Crippen LogP contribution is 2.39. The van der Waals surface area contributed by atoms with Gasteiger partial charge in [-0.3, -0.25) is 9.59 Å². The summed E-state index contributed by atoms with van der Waals surface area (Å²) in [6, 6.07) is 16.8. The molecule has 0 spiro atoms. The number of rotatable bonds is 12. The minimum absolute atomic E-state index is 0.0809. The molecule has 0 aromatic heterocycles. The lowest BCUT2D eigenvalue weighted by molar-refractivity contribution is -0.136. The van der Waals surface area contributed by atoms with Gasteiger partial charge in [0.25, 0.3) is 0 Å². The zero-order valence-electron chi connectivity index (χ0n) is 18.0. The number of fused-ring (bicyclic) bond motifs is 1. The second-order valence-corrected chi connectivity index (χ2v) is 8.00. The minimum Gasteiger partial charge on any atom is -0.425 e.